The van der Waals surface area contributed by atoms with Gasteiger partial charge < -0.3 is 16.0 Å². The fraction of sp³-hybridized carbons (Fsp3) is 0.364. The van der Waals surface area contributed by atoms with Crippen LogP contribution in [0.5, 0.6) is 0 Å². The molecule has 0 bridgehead atoms. The van der Waals surface area contributed by atoms with Crippen LogP contribution in [0.4, 0.5) is 11.4 Å². The van der Waals surface area contributed by atoms with Gasteiger partial charge in [-0.15, -0.1) is 0 Å². The van der Waals surface area contributed by atoms with Crippen molar-refractivity contribution in [2.45, 2.75) is 11.3 Å². The Labute approximate surface area is 112 Å². The quantitative estimate of drug-likeness (QED) is 0.648. The molecule has 0 aliphatic carbocycles. The fourth-order valence-electron chi connectivity index (χ4n) is 1.43. The summed E-state index contributed by atoms with van der Waals surface area (Å²) in [7, 11) is -0.461. The lowest BCUT2D eigenvalue weighted by atomic mass is 10.2. The van der Waals surface area contributed by atoms with Crippen molar-refractivity contribution >= 4 is 27.3 Å². The number of nitrogens with one attached hydrogen (secondary N) is 1. The van der Waals surface area contributed by atoms with Crippen molar-refractivity contribution in [3.63, 3.8) is 0 Å². The normalized spacial score (nSPS) is 11.1. The minimum atomic E-state index is -3.80. The average Bonchev–Trinajstić information content (AvgIpc) is 2.26. The van der Waals surface area contributed by atoms with E-state index in [4.69, 9.17) is 10.9 Å². The molecule has 0 unspecified atom stereocenters. The zero-order valence-corrected chi connectivity index (χ0v) is 11.7. The molecule has 1 aromatic carbocycles. The summed E-state index contributed by atoms with van der Waals surface area (Å²) in [6.45, 7) is 0.379. The molecule has 1 amide bonds. The van der Waals surface area contributed by atoms with Crippen molar-refractivity contribution < 1.29 is 13.2 Å². The third-order valence-electron chi connectivity index (χ3n) is 2.42. The minimum absolute atomic E-state index is 0.0249. The van der Waals surface area contributed by atoms with E-state index in [0.717, 1.165) is 0 Å². The third kappa shape index (κ3) is 4.76. The van der Waals surface area contributed by atoms with E-state index in [1.165, 1.54) is 17.0 Å². The van der Waals surface area contributed by atoms with Gasteiger partial charge in [-0.2, -0.15) is 0 Å². The predicted octanol–water partition coefficient (Wildman–Crippen LogP) is -0.194. The summed E-state index contributed by atoms with van der Waals surface area (Å²) in [5.41, 5.74) is 6.40. The standard InChI is InChI=1S/C11H18N4O3S/c1-15(2)11(16)3-4-14-9-5-8(12)6-10(7-9)19(13,17)18/h5-7,14H,3-4,12H2,1-2H3,(H2,13,17,18). The number of nitrogens with two attached hydrogens (primary N) is 2. The van der Waals surface area contributed by atoms with Crippen LogP contribution in [0, 0.1) is 0 Å². The maximum Gasteiger partial charge on any atom is 0.238 e. The van der Waals surface area contributed by atoms with Gasteiger partial charge in [-0.05, 0) is 18.2 Å². The number of rotatable bonds is 5. The first-order valence-corrected chi connectivity index (χ1v) is 7.12. The number of amides is 1. The Morgan fingerprint density at radius 1 is 1.32 bits per heavy atom. The van der Waals surface area contributed by atoms with E-state index in [-0.39, 0.29) is 16.5 Å². The van der Waals surface area contributed by atoms with Gasteiger partial charge in [-0.3, -0.25) is 4.79 Å². The lowest BCUT2D eigenvalue weighted by Gasteiger charge is -2.12. The monoisotopic (exact) mass is 286 g/mol. The highest BCUT2D eigenvalue weighted by Gasteiger charge is 2.10. The summed E-state index contributed by atoms with van der Waals surface area (Å²) in [5.74, 6) is -0.0249. The van der Waals surface area contributed by atoms with Crippen LogP contribution >= 0.6 is 0 Å². The predicted molar refractivity (Wildman–Crippen MR) is 74.0 cm³/mol. The molecule has 7 nitrogen and oxygen atoms in total. The SMILES string of the molecule is CN(C)C(=O)CCNc1cc(N)cc(S(N)(=O)=O)c1. The fourth-order valence-corrected chi connectivity index (χ4v) is 2.02. The number of hydrogen-bond donors (Lipinski definition) is 3. The van der Waals surface area contributed by atoms with Gasteiger partial charge in [-0.1, -0.05) is 0 Å². The van der Waals surface area contributed by atoms with E-state index >= 15 is 0 Å². The molecular formula is C11H18N4O3S. The number of nitrogens with zero attached hydrogens (tertiary/aromatic N) is 1. The number of benzene rings is 1. The van der Waals surface area contributed by atoms with Crippen LogP contribution in [0.1, 0.15) is 6.42 Å². The summed E-state index contributed by atoms with van der Waals surface area (Å²) < 4.78 is 22.5. The molecule has 0 aliphatic heterocycles. The van der Waals surface area contributed by atoms with Gasteiger partial charge >= 0.3 is 0 Å². The van der Waals surface area contributed by atoms with Gasteiger partial charge in [0.2, 0.25) is 15.9 Å². The first kappa shape index (κ1) is 15.3. The molecule has 106 valence electrons. The van der Waals surface area contributed by atoms with Gasteiger partial charge in [0.25, 0.3) is 0 Å². The zero-order valence-electron chi connectivity index (χ0n) is 10.9. The molecule has 1 aromatic rings. The van der Waals surface area contributed by atoms with Gasteiger partial charge in [0, 0.05) is 38.4 Å². The number of primary sulfonamides is 1. The second-order valence-corrected chi connectivity index (χ2v) is 5.86. The Balaban J connectivity index is 2.75. The molecule has 0 spiro atoms. The highest BCUT2D eigenvalue weighted by molar-refractivity contribution is 7.89. The van der Waals surface area contributed by atoms with E-state index in [9.17, 15) is 13.2 Å². The molecular weight excluding hydrogens is 268 g/mol. The topological polar surface area (TPSA) is 119 Å². The van der Waals surface area contributed by atoms with E-state index in [0.29, 0.717) is 18.7 Å². The van der Waals surface area contributed by atoms with Crippen LogP contribution in [0.15, 0.2) is 23.1 Å². The zero-order chi connectivity index (χ0) is 14.6. The summed E-state index contributed by atoms with van der Waals surface area (Å²) in [4.78, 5) is 12.8. The number of anilines is 2. The lowest BCUT2D eigenvalue weighted by Crippen LogP contribution is -2.24. The summed E-state index contributed by atoms with van der Waals surface area (Å²) in [5, 5.41) is 7.98. The second-order valence-electron chi connectivity index (χ2n) is 4.30. The van der Waals surface area contributed by atoms with Crippen molar-refractivity contribution in [3.8, 4) is 0 Å². The lowest BCUT2D eigenvalue weighted by molar-refractivity contribution is -0.128. The summed E-state index contributed by atoms with van der Waals surface area (Å²) >= 11 is 0. The molecule has 8 heteroatoms. The minimum Gasteiger partial charge on any atom is -0.399 e. The van der Waals surface area contributed by atoms with Crippen LogP contribution in [0.25, 0.3) is 0 Å². The maximum absolute atomic E-state index is 11.4. The molecule has 0 atom stereocenters. The van der Waals surface area contributed by atoms with Crippen molar-refractivity contribution in [1.29, 1.82) is 0 Å². The number of sulfonamides is 1. The number of nitrogen functional groups attached to an aromatic ring is 1. The second kappa shape index (κ2) is 5.89. The highest BCUT2D eigenvalue weighted by atomic mass is 32.2. The maximum atomic E-state index is 11.4. The summed E-state index contributed by atoms with van der Waals surface area (Å²) in [6, 6.07) is 4.24. The molecule has 0 aromatic heterocycles. The molecule has 0 saturated heterocycles. The van der Waals surface area contributed by atoms with Gasteiger partial charge in [-0.25, -0.2) is 13.6 Å². The van der Waals surface area contributed by atoms with Crippen LogP contribution < -0.4 is 16.2 Å². The largest absolute Gasteiger partial charge is 0.399 e. The Hall–Kier alpha value is -1.80. The third-order valence-corrected chi connectivity index (χ3v) is 3.32. The van der Waals surface area contributed by atoms with Crippen LogP contribution in [0.3, 0.4) is 0 Å². The average molecular weight is 286 g/mol. The first-order valence-electron chi connectivity index (χ1n) is 5.57. The van der Waals surface area contributed by atoms with Gasteiger partial charge in [0.05, 0.1) is 4.90 Å². The van der Waals surface area contributed by atoms with Crippen molar-refractivity contribution in [2.75, 3.05) is 31.7 Å². The Kier molecular flexibility index (Phi) is 4.73. The Morgan fingerprint density at radius 3 is 2.47 bits per heavy atom. The van der Waals surface area contributed by atoms with Crippen LogP contribution in [-0.4, -0.2) is 39.9 Å². The molecule has 19 heavy (non-hydrogen) atoms. The molecule has 0 fully saturated rings. The molecule has 5 N–H and O–H groups in total. The summed E-state index contributed by atoms with van der Waals surface area (Å²) in [6.07, 6.45) is 0.298. The molecule has 1 rings (SSSR count). The van der Waals surface area contributed by atoms with E-state index in [2.05, 4.69) is 5.32 Å². The highest BCUT2D eigenvalue weighted by Crippen LogP contribution is 2.19. The Morgan fingerprint density at radius 2 is 1.95 bits per heavy atom. The van der Waals surface area contributed by atoms with Crippen LogP contribution in [-0.2, 0) is 14.8 Å². The van der Waals surface area contributed by atoms with Gasteiger partial charge in [0.1, 0.15) is 0 Å². The molecule has 0 saturated carbocycles. The smallest absolute Gasteiger partial charge is 0.238 e. The number of carbonyl (C=O) groups is 1. The van der Waals surface area contributed by atoms with Crippen LogP contribution in [0.2, 0.25) is 0 Å². The van der Waals surface area contributed by atoms with Crippen molar-refractivity contribution in [3.05, 3.63) is 18.2 Å². The van der Waals surface area contributed by atoms with Crippen molar-refractivity contribution in [2.24, 2.45) is 5.14 Å². The molecule has 0 heterocycles. The van der Waals surface area contributed by atoms with E-state index in [1.54, 1.807) is 20.2 Å². The molecule has 0 radical (unpaired) electrons. The Bertz CT molecular complexity index is 569. The number of carbonyl (C=O) groups excluding carboxylic acids is 1. The molecule has 0 aliphatic rings. The number of hydrogen-bond acceptors (Lipinski definition) is 5. The van der Waals surface area contributed by atoms with Crippen molar-refractivity contribution in [1.82, 2.24) is 4.90 Å². The first-order chi connectivity index (χ1) is 8.70. The van der Waals surface area contributed by atoms with E-state index < -0.39 is 10.0 Å². The van der Waals surface area contributed by atoms with E-state index in [1.807, 2.05) is 0 Å². The van der Waals surface area contributed by atoms with Gasteiger partial charge in [0.15, 0.2) is 0 Å².